The maximum atomic E-state index is 12.7. The highest BCUT2D eigenvalue weighted by Gasteiger charge is 2.15. The number of hydrogen-bond donors (Lipinski definition) is 1. The fourth-order valence-corrected chi connectivity index (χ4v) is 3.57. The van der Waals surface area contributed by atoms with Crippen molar-refractivity contribution in [1.82, 2.24) is 15.0 Å². The van der Waals surface area contributed by atoms with Crippen LogP contribution in [0.5, 0.6) is 5.75 Å². The molecule has 0 radical (unpaired) electrons. The molecule has 1 atom stereocenters. The molecule has 10 heteroatoms. The third-order valence-electron chi connectivity index (χ3n) is 3.85. The Morgan fingerprint density at radius 1 is 1.26 bits per heavy atom. The Morgan fingerprint density at radius 2 is 2.07 bits per heavy atom. The van der Waals surface area contributed by atoms with Crippen LogP contribution >= 0.6 is 0 Å². The minimum absolute atomic E-state index is 0.0277. The predicted octanol–water partition coefficient (Wildman–Crippen LogP) is 2.55. The van der Waals surface area contributed by atoms with E-state index in [9.17, 15) is 14.3 Å². The molecule has 3 rings (SSSR count). The molecular formula is C17H18N4O5S. The van der Waals surface area contributed by atoms with E-state index in [1.807, 2.05) is 31.2 Å². The number of pyridine rings is 1. The molecule has 3 aromatic rings. The molecule has 1 aromatic carbocycles. The summed E-state index contributed by atoms with van der Waals surface area (Å²) in [5.41, 5.74) is 3.02. The van der Waals surface area contributed by atoms with Gasteiger partial charge in [0, 0.05) is 18.2 Å². The van der Waals surface area contributed by atoms with Gasteiger partial charge in [0.1, 0.15) is 5.75 Å². The van der Waals surface area contributed by atoms with E-state index >= 15 is 0 Å². The molecule has 2 aromatic heterocycles. The molecule has 1 N–H and O–H groups in total. The Morgan fingerprint density at radius 3 is 2.85 bits per heavy atom. The van der Waals surface area contributed by atoms with Crippen LogP contribution in [-0.4, -0.2) is 37.5 Å². The van der Waals surface area contributed by atoms with Crippen LogP contribution in [0.25, 0.3) is 11.0 Å². The molecule has 0 spiro atoms. The van der Waals surface area contributed by atoms with E-state index in [2.05, 4.69) is 19.8 Å². The first kappa shape index (κ1) is 18.8. The van der Waals surface area contributed by atoms with Crippen LogP contribution in [0.2, 0.25) is 0 Å². The molecule has 0 bridgehead atoms. The van der Waals surface area contributed by atoms with E-state index < -0.39 is 15.9 Å². The maximum absolute atomic E-state index is 12.7. The average molecular weight is 390 g/mol. The number of ether oxygens (including phenoxy) is 1. The van der Waals surface area contributed by atoms with Gasteiger partial charge in [-0.1, -0.05) is 12.1 Å². The van der Waals surface area contributed by atoms with Crippen LogP contribution in [0.1, 0.15) is 17.7 Å². The van der Waals surface area contributed by atoms with Crippen molar-refractivity contribution < 1.29 is 18.9 Å². The summed E-state index contributed by atoms with van der Waals surface area (Å²) in [6, 6.07) is 9.20. The van der Waals surface area contributed by atoms with Crippen LogP contribution in [-0.2, 0) is 21.4 Å². The Hall–Kier alpha value is -3.01. The lowest BCUT2D eigenvalue weighted by molar-refractivity contribution is -0.757. The molecule has 0 saturated carbocycles. The van der Waals surface area contributed by atoms with Crippen molar-refractivity contribution in [3.63, 3.8) is 0 Å². The van der Waals surface area contributed by atoms with Crippen molar-refractivity contribution in [2.75, 3.05) is 13.2 Å². The predicted molar refractivity (Wildman–Crippen MR) is 98.2 cm³/mol. The highest BCUT2D eigenvalue weighted by atomic mass is 32.2. The number of imidazole rings is 1. The van der Waals surface area contributed by atoms with Gasteiger partial charge in [-0.3, -0.25) is 9.19 Å². The van der Waals surface area contributed by atoms with Gasteiger partial charge >= 0.3 is 0 Å². The lowest BCUT2D eigenvalue weighted by Gasteiger charge is -2.11. The molecular weight excluding hydrogens is 372 g/mol. The van der Waals surface area contributed by atoms with E-state index in [-0.39, 0.29) is 19.0 Å². The number of nitrogens with zero attached hydrogens (tertiary/aromatic N) is 3. The van der Waals surface area contributed by atoms with Crippen LogP contribution in [0.4, 0.5) is 0 Å². The zero-order chi connectivity index (χ0) is 19.2. The second-order valence-electron chi connectivity index (χ2n) is 5.69. The van der Waals surface area contributed by atoms with Gasteiger partial charge in [-0.15, -0.1) is 10.1 Å². The summed E-state index contributed by atoms with van der Waals surface area (Å²) >= 11 is 0. The highest BCUT2D eigenvalue weighted by Crippen LogP contribution is 2.22. The van der Waals surface area contributed by atoms with Gasteiger partial charge in [-0.25, -0.2) is 4.98 Å². The van der Waals surface area contributed by atoms with Crippen molar-refractivity contribution in [1.29, 1.82) is 0 Å². The molecule has 0 aliphatic heterocycles. The Kier molecular flexibility index (Phi) is 5.97. The summed E-state index contributed by atoms with van der Waals surface area (Å²) in [4.78, 5) is 26.1. The summed E-state index contributed by atoms with van der Waals surface area (Å²) in [5.74, 6) is 0.801. The van der Waals surface area contributed by atoms with Crippen molar-refractivity contribution in [2.24, 2.45) is 0 Å². The number of nitrogens with one attached hydrogen (secondary N) is 1. The Balaban J connectivity index is 1.64. The summed E-state index contributed by atoms with van der Waals surface area (Å²) in [6.07, 6.45) is 1.96. The van der Waals surface area contributed by atoms with Gasteiger partial charge in [0.15, 0.2) is 5.16 Å². The number of aromatic amines is 1. The largest absolute Gasteiger partial charge is 0.493 e. The van der Waals surface area contributed by atoms with E-state index in [1.165, 1.54) is 0 Å². The third-order valence-corrected chi connectivity index (χ3v) is 5.01. The van der Waals surface area contributed by atoms with Gasteiger partial charge in [0.25, 0.3) is 5.09 Å². The molecule has 1 unspecified atom stereocenters. The topological polar surface area (TPSA) is 120 Å². The second kappa shape index (κ2) is 8.58. The monoisotopic (exact) mass is 390 g/mol. The summed E-state index contributed by atoms with van der Waals surface area (Å²) in [7, 11) is -1.38. The summed E-state index contributed by atoms with van der Waals surface area (Å²) in [5, 5.41) is 9.68. The molecule has 142 valence electrons. The zero-order valence-electron chi connectivity index (χ0n) is 14.6. The van der Waals surface area contributed by atoms with Crippen LogP contribution in [0.15, 0.2) is 41.7 Å². The standard InChI is InChI=1S/C17H18N4O5S/c1-12-15(18-8-7-16(12)25-9-4-10-26-21(22)23)11-27(24)17-19-13-5-2-3-6-14(13)20-17/h2-3,5-8H,4,9-11H2,1H3,(H,19,20). The Labute approximate surface area is 157 Å². The normalized spacial score (nSPS) is 12.0. The van der Waals surface area contributed by atoms with Gasteiger partial charge in [-0.05, 0) is 25.1 Å². The number of rotatable bonds is 9. The lowest BCUT2D eigenvalue weighted by Crippen LogP contribution is -2.08. The van der Waals surface area contributed by atoms with Gasteiger partial charge in [0.05, 0.1) is 46.5 Å². The van der Waals surface area contributed by atoms with E-state index in [0.717, 1.165) is 16.6 Å². The summed E-state index contributed by atoms with van der Waals surface area (Å²) in [6.45, 7) is 2.08. The molecule has 9 nitrogen and oxygen atoms in total. The fourth-order valence-electron chi connectivity index (χ4n) is 2.47. The molecule has 0 aliphatic rings. The van der Waals surface area contributed by atoms with Crippen LogP contribution in [0.3, 0.4) is 0 Å². The van der Waals surface area contributed by atoms with Gasteiger partial charge in [-0.2, -0.15) is 0 Å². The minimum Gasteiger partial charge on any atom is -0.493 e. The zero-order valence-corrected chi connectivity index (χ0v) is 15.4. The average Bonchev–Trinajstić information content (AvgIpc) is 3.08. The number of aromatic nitrogens is 3. The van der Waals surface area contributed by atoms with Crippen LogP contribution < -0.4 is 4.74 Å². The number of hydrogen-bond acceptors (Lipinski definition) is 7. The first-order chi connectivity index (χ1) is 13.0. The van der Waals surface area contributed by atoms with E-state index in [0.29, 0.717) is 23.0 Å². The summed E-state index contributed by atoms with van der Waals surface area (Å²) < 4.78 is 18.3. The highest BCUT2D eigenvalue weighted by molar-refractivity contribution is 7.84. The minimum atomic E-state index is -1.38. The smallest absolute Gasteiger partial charge is 0.294 e. The number of fused-ring (bicyclic) bond motifs is 1. The number of benzene rings is 1. The third kappa shape index (κ3) is 4.79. The SMILES string of the molecule is Cc1c(OCCCO[N+](=O)[O-])ccnc1CS(=O)c1nc2ccccc2[nH]1. The Bertz CT molecular complexity index is 942. The van der Waals surface area contributed by atoms with Crippen molar-refractivity contribution in [2.45, 2.75) is 24.3 Å². The van der Waals surface area contributed by atoms with E-state index in [1.54, 1.807) is 12.3 Å². The first-order valence-electron chi connectivity index (χ1n) is 8.22. The van der Waals surface area contributed by atoms with E-state index in [4.69, 9.17) is 4.74 Å². The quantitative estimate of drug-likeness (QED) is 0.339. The lowest BCUT2D eigenvalue weighted by atomic mass is 10.2. The second-order valence-corrected chi connectivity index (χ2v) is 7.06. The van der Waals surface area contributed by atoms with Crippen molar-refractivity contribution in [3.8, 4) is 5.75 Å². The molecule has 2 heterocycles. The van der Waals surface area contributed by atoms with Gasteiger partial charge in [0.2, 0.25) is 0 Å². The molecule has 0 amide bonds. The molecule has 27 heavy (non-hydrogen) atoms. The van der Waals surface area contributed by atoms with Crippen LogP contribution in [0, 0.1) is 17.0 Å². The fraction of sp³-hybridized carbons (Fsp3) is 0.294. The van der Waals surface area contributed by atoms with Crippen molar-refractivity contribution in [3.05, 3.63) is 57.9 Å². The molecule has 0 aliphatic carbocycles. The number of H-pyrrole nitrogens is 1. The van der Waals surface area contributed by atoms with Crippen molar-refractivity contribution >= 4 is 21.8 Å². The molecule has 0 fully saturated rings. The maximum Gasteiger partial charge on any atom is 0.294 e. The number of para-hydroxylation sites is 2. The first-order valence-corrected chi connectivity index (χ1v) is 9.54. The van der Waals surface area contributed by atoms with Gasteiger partial charge < -0.3 is 14.6 Å². The molecule has 0 saturated heterocycles.